The molecule has 3 aromatic rings. The molecule has 6 nitrogen and oxygen atoms in total. The summed E-state index contributed by atoms with van der Waals surface area (Å²) in [6.45, 7) is 8.88. The van der Waals surface area contributed by atoms with E-state index in [-0.39, 0.29) is 0 Å². The summed E-state index contributed by atoms with van der Waals surface area (Å²) in [5.41, 5.74) is 4.07. The molecule has 3 aromatic heterocycles. The van der Waals surface area contributed by atoms with E-state index in [1.165, 1.54) is 33.6 Å². The molecule has 0 bridgehead atoms. The largest absolute Gasteiger partial charge is 0.373 e. The molecular weight excluding hydrogens is 358 g/mol. The van der Waals surface area contributed by atoms with Crippen LogP contribution in [0.25, 0.3) is 20.4 Å². The van der Waals surface area contributed by atoms with Gasteiger partial charge < -0.3 is 10.1 Å². The lowest BCUT2D eigenvalue weighted by Gasteiger charge is -2.23. The predicted octanol–water partition coefficient (Wildman–Crippen LogP) is 3.05. The van der Waals surface area contributed by atoms with Gasteiger partial charge in [-0.15, -0.1) is 0 Å². The molecular formula is C20H26N5OS+. The fraction of sp³-hybridized carbons (Fsp3) is 0.550. The molecule has 7 heteroatoms. The van der Waals surface area contributed by atoms with Crippen LogP contribution in [-0.4, -0.2) is 42.8 Å². The second-order valence-corrected chi connectivity index (χ2v) is 8.89. The number of aromatic amines is 1. The molecule has 27 heavy (non-hydrogen) atoms. The van der Waals surface area contributed by atoms with Crippen molar-refractivity contribution in [1.29, 1.82) is 0 Å². The molecule has 0 radical (unpaired) electrons. The third-order valence-electron chi connectivity index (χ3n) is 5.51. The number of morpholine rings is 1. The van der Waals surface area contributed by atoms with Gasteiger partial charge in [-0.25, -0.2) is 15.0 Å². The van der Waals surface area contributed by atoms with Crippen molar-refractivity contribution in [1.82, 2.24) is 9.97 Å². The Morgan fingerprint density at radius 3 is 2.85 bits per heavy atom. The molecule has 0 spiro atoms. The number of nitrogens with zero attached hydrogens (tertiary/aromatic N) is 3. The Morgan fingerprint density at radius 2 is 2.04 bits per heavy atom. The van der Waals surface area contributed by atoms with E-state index in [0.29, 0.717) is 5.92 Å². The average Bonchev–Trinajstić information content (AvgIpc) is 3.30. The van der Waals surface area contributed by atoms with Crippen LogP contribution in [0.3, 0.4) is 0 Å². The molecule has 142 valence electrons. The van der Waals surface area contributed by atoms with Crippen molar-refractivity contribution in [3.05, 3.63) is 17.5 Å². The molecule has 1 aliphatic heterocycles. The number of ether oxygens (including phenoxy) is 1. The van der Waals surface area contributed by atoms with Gasteiger partial charge in [-0.05, 0) is 30.7 Å². The van der Waals surface area contributed by atoms with Gasteiger partial charge >= 0.3 is 0 Å². The summed E-state index contributed by atoms with van der Waals surface area (Å²) in [7, 11) is 0. The van der Waals surface area contributed by atoms with Gasteiger partial charge in [-0.1, -0.05) is 25.2 Å². The number of fused-ring (bicyclic) bond motifs is 5. The van der Waals surface area contributed by atoms with Crippen molar-refractivity contribution in [2.45, 2.75) is 33.1 Å². The lowest BCUT2D eigenvalue weighted by Crippen LogP contribution is -2.40. The zero-order valence-corrected chi connectivity index (χ0v) is 16.8. The standard InChI is InChI=1S/C20H25N5OS/c1-12(2)10-21-18-17-16(22-11-23-18)15-13-4-3-5-14(13)19(24-20(15)27-17)25-6-8-26-9-7-25/h11-12H,3-10H2,1-2H3,(H,21,22,23)/p+1. The van der Waals surface area contributed by atoms with Crippen molar-refractivity contribution >= 4 is 43.4 Å². The molecule has 0 saturated carbocycles. The molecule has 1 saturated heterocycles. The fourth-order valence-corrected chi connectivity index (χ4v) is 5.37. The Kier molecular flexibility index (Phi) is 4.36. The maximum Gasteiger partial charge on any atom is 0.279 e. The first-order valence-electron chi connectivity index (χ1n) is 9.93. The average molecular weight is 385 g/mol. The van der Waals surface area contributed by atoms with Gasteiger partial charge in [0, 0.05) is 12.1 Å². The quantitative estimate of drug-likeness (QED) is 0.749. The maximum absolute atomic E-state index is 5.56. The van der Waals surface area contributed by atoms with Crippen LogP contribution < -0.4 is 15.2 Å². The Labute approximate surface area is 163 Å². The molecule has 0 atom stereocenters. The SMILES string of the molecule is CC(C)CNc1ncnc2c1sc1[nH+]c(N3CCOCC3)c3c(c12)CCC3. The fourth-order valence-electron chi connectivity index (χ4n) is 4.22. The number of thiophene rings is 1. The summed E-state index contributed by atoms with van der Waals surface area (Å²) in [5, 5.41) is 4.83. The summed E-state index contributed by atoms with van der Waals surface area (Å²) in [4.78, 5) is 16.7. The van der Waals surface area contributed by atoms with Crippen LogP contribution in [0.4, 0.5) is 11.6 Å². The molecule has 2 aliphatic rings. The minimum absolute atomic E-state index is 0.577. The van der Waals surface area contributed by atoms with E-state index >= 15 is 0 Å². The van der Waals surface area contributed by atoms with Crippen molar-refractivity contribution in [2.24, 2.45) is 5.92 Å². The van der Waals surface area contributed by atoms with E-state index in [4.69, 9.17) is 4.74 Å². The van der Waals surface area contributed by atoms with Gasteiger partial charge in [0.05, 0.1) is 24.1 Å². The molecule has 1 aliphatic carbocycles. The monoisotopic (exact) mass is 384 g/mol. The van der Waals surface area contributed by atoms with Gasteiger partial charge in [0.15, 0.2) is 4.83 Å². The zero-order valence-electron chi connectivity index (χ0n) is 16.0. The molecule has 1 fully saturated rings. The highest BCUT2D eigenvalue weighted by molar-refractivity contribution is 7.25. The van der Waals surface area contributed by atoms with Crippen LogP contribution >= 0.6 is 11.3 Å². The smallest absolute Gasteiger partial charge is 0.279 e. The Morgan fingerprint density at radius 1 is 1.22 bits per heavy atom. The van der Waals surface area contributed by atoms with Crippen molar-refractivity contribution in [3.63, 3.8) is 0 Å². The summed E-state index contributed by atoms with van der Waals surface area (Å²) in [5.74, 6) is 2.84. The number of aryl methyl sites for hydroxylation is 1. The van der Waals surface area contributed by atoms with Crippen LogP contribution in [-0.2, 0) is 17.6 Å². The van der Waals surface area contributed by atoms with E-state index in [0.717, 1.165) is 61.7 Å². The molecule has 2 N–H and O–H groups in total. The normalized spacial score (nSPS) is 17.2. The molecule has 0 amide bonds. The number of hydrogen-bond donors (Lipinski definition) is 1. The summed E-state index contributed by atoms with van der Waals surface area (Å²) in [6, 6.07) is 0. The summed E-state index contributed by atoms with van der Waals surface area (Å²) >= 11 is 1.78. The second kappa shape index (κ2) is 6.87. The van der Waals surface area contributed by atoms with E-state index < -0.39 is 0 Å². The number of aromatic nitrogens is 3. The van der Waals surface area contributed by atoms with E-state index in [2.05, 4.69) is 39.0 Å². The zero-order chi connectivity index (χ0) is 18.4. The topological polar surface area (TPSA) is 64.4 Å². The Balaban J connectivity index is 1.68. The number of rotatable bonds is 4. The third-order valence-corrected chi connectivity index (χ3v) is 6.62. The highest BCUT2D eigenvalue weighted by atomic mass is 32.1. The van der Waals surface area contributed by atoms with Crippen LogP contribution in [0, 0.1) is 5.92 Å². The van der Waals surface area contributed by atoms with Crippen LogP contribution in [0.2, 0.25) is 0 Å². The lowest BCUT2D eigenvalue weighted by atomic mass is 10.1. The second-order valence-electron chi connectivity index (χ2n) is 7.86. The first-order valence-corrected chi connectivity index (χ1v) is 10.7. The summed E-state index contributed by atoms with van der Waals surface area (Å²) < 4.78 is 6.72. The van der Waals surface area contributed by atoms with Gasteiger partial charge in [0.1, 0.15) is 29.9 Å². The highest BCUT2D eigenvalue weighted by Crippen LogP contribution is 2.41. The van der Waals surface area contributed by atoms with E-state index in [1.807, 2.05) is 0 Å². The van der Waals surface area contributed by atoms with Gasteiger partial charge in [-0.3, -0.25) is 4.90 Å². The number of nitrogens with one attached hydrogen (secondary N) is 2. The van der Waals surface area contributed by atoms with Gasteiger partial charge in [-0.2, -0.15) is 0 Å². The van der Waals surface area contributed by atoms with Crippen LogP contribution in [0.15, 0.2) is 6.33 Å². The predicted molar refractivity (Wildman–Crippen MR) is 110 cm³/mol. The first kappa shape index (κ1) is 17.1. The molecule has 0 aromatic carbocycles. The Bertz CT molecular complexity index is 993. The first-order chi connectivity index (χ1) is 13.2. The highest BCUT2D eigenvalue weighted by Gasteiger charge is 2.31. The van der Waals surface area contributed by atoms with Crippen molar-refractivity contribution < 1.29 is 9.72 Å². The van der Waals surface area contributed by atoms with Gasteiger partial charge in [0.25, 0.3) is 5.82 Å². The minimum atomic E-state index is 0.577. The van der Waals surface area contributed by atoms with Crippen molar-refractivity contribution in [2.75, 3.05) is 43.1 Å². The lowest BCUT2D eigenvalue weighted by molar-refractivity contribution is -0.328. The number of anilines is 2. The van der Waals surface area contributed by atoms with Crippen LogP contribution in [0.5, 0.6) is 0 Å². The van der Waals surface area contributed by atoms with Gasteiger partial charge in [0.2, 0.25) is 0 Å². The third kappa shape index (κ3) is 2.93. The molecule has 0 unspecified atom stereocenters. The maximum atomic E-state index is 5.56. The Hall–Kier alpha value is -1.99. The van der Waals surface area contributed by atoms with Crippen LogP contribution in [0.1, 0.15) is 31.4 Å². The number of H-pyrrole nitrogens is 1. The number of hydrogen-bond acceptors (Lipinski definition) is 6. The van der Waals surface area contributed by atoms with Crippen molar-refractivity contribution in [3.8, 4) is 0 Å². The number of pyridine rings is 1. The molecule has 4 heterocycles. The minimum Gasteiger partial charge on any atom is -0.373 e. The van der Waals surface area contributed by atoms with E-state index in [1.54, 1.807) is 17.7 Å². The van der Waals surface area contributed by atoms with E-state index in [9.17, 15) is 0 Å². The summed E-state index contributed by atoms with van der Waals surface area (Å²) in [6.07, 6.45) is 5.21. The molecule has 5 rings (SSSR count).